The molecule has 0 aromatic heterocycles. The molecule has 3 nitrogen and oxygen atoms in total. The minimum absolute atomic E-state index is 0.267. The van der Waals surface area contributed by atoms with Gasteiger partial charge in [0.15, 0.2) is 0 Å². The third kappa shape index (κ3) is 3.68. The summed E-state index contributed by atoms with van der Waals surface area (Å²) in [7, 11) is 0. The first-order valence-corrected chi connectivity index (χ1v) is 8.35. The van der Waals surface area contributed by atoms with E-state index in [9.17, 15) is 15.0 Å². The second kappa shape index (κ2) is 6.83. The third-order valence-corrected chi connectivity index (χ3v) is 5.18. The second-order valence-electron chi connectivity index (χ2n) is 5.35. The average molecular weight is 315 g/mol. The molecule has 0 bridgehead atoms. The molecule has 20 heavy (non-hydrogen) atoms. The average Bonchev–Trinajstić information content (AvgIpc) is 2.81. The molecule has 5 heteroatoms. The van der Waals surface area contributed by atoms with Gasteiger partial charge < -0.3 is 10.2 Å². The quantitative estimate of drug-likeness (QED) is 0.812. The second-order valence-corrected chi connectivity index (χ2v) is 6.61. The summed E-state index contributed by atoms with van der Waals surface area (Å²) in [5.74, 6) is -1.08. The summed E-state index contributed by atoms with van der Waals surface area (Å²) in [5.41, 5.74) is 0.752. The number of thioether (sulfide) groups is 1. The number of carboxylic acids is 1. The highest BCUT2D eigenvalue weighted by molar-refractivity contribution is 7.98. The number of halogens is 1. The minimum Gasteiger partial charge on any atom is -0.481 e. The van der Waals surface area contributed by atoms with E-state index in [1.807, 2.05) is 18.4 Å². The molecule has 1 aliphatic rings. The number of hydrogen-bond donors (Lipinski definition) is 2. The van der Waals surface area contributed by atoms with Crippen molar-refractivity contribution in [3.05, 3.63) is 28.8 Å². The van der Waals surface area contributed by atoms with E-state index in [0.29, 0.717) is 17.9 Å². The molecule has 1 fully saturated rings. The molecule has 1 saturated carbocycles. The Morgan fingerprint density at radius 2 is 2.25 bits per heavy atom. The highest BCUT2D eigenvalue weighted by Gasteiger charge is 2.29. The maximum atomic E-state index is 11.5. The van der Waals surface area contributed by atoms with Crippen molar-refractivity contribution in [1.29, 1.82) is 0 Å². The maximum absolute atomic E-state index is 11.5. The zero-order valence-electron chi connectivity index (χ0n) is 11.4. The lowest BCUT2D eigenvalue weighted by Gasteiger charge is -2.18. The van der Waals surface area contributed by atoms with E-state index in [4.69, 9.17) is 11.6 Å². The molecule has 2 rings (SSSR count). The summed E-state index contributed by atoms with van der Waals surface area (Å²) in [4.78, 5) is 12.5. The number of aliphatic carboxylic acids is 1. The fourth-order valence-electron chi connectivity index (χ4n) is 2.87. The number of hydrogen-bond acceptors (Lipinski definition) is 3. The normalized spacial score (nSPS) is 23.8. The van der Waals surface area contributed by atoms with Crippen molar-refractivity contribution in [3.8, 4) is 0 Å². The molecule has 3 atom stereocenters. The molecule has 1 aromatic carbocycles. The van der Waals surface area contributed by atoms with Gasteiger partial charge in [0.25, 0.3) is 0 Å². The highest BCUT2D eigenvalue weighted by Crippen LogP contribution is 2.36. The Bertz CT molecular complexity index is 492. The van der Waals surface area contributed by atoms with Crippen molar-refractivity contribution in [2.45, 2.75) is 42.6 Å². The molecule has 110 valence electrons. The van der Waals surface area contributed by atoms with Crippen molar-refractivity contribution in [3.63, 3.8) is 0 Å². The maximum Gasteiger partial charge on any atom is 0.310 e. The fourth-order valence-corrected chi connectivity index (χ4v) is 3.75. The van der Waals surface area contributed by atoms with Crippen molar-refractivity contribution < 1.29 is 15.0 Å². The van der Waals surface area contributed by atoms with Gasteiger partial charge in [-0.1, -0.05) is 17.7 Å². The molecule has 1 aromatic rings. The van der Waals surface area contributed by atoms with Crippen LogP contribution in [0.2, 0.25) is 5.02 Å². The topological polar surface area (TPSA) is 57.5 Å². The van der Waals surface area contributed by atoms with Gasteiger partial charge in [-0.3, -0.25) is 4.79 Å². The zero-order valence-corrected chi connectivity index (χ0v) is 13.0. The van der Waals surface area contributed by atoms with Crippen molar-refractivity contribution in [1.82, 2.24) is 0 Å². The molecule has 0 amide bonds. The predicted octanol–water partition coefficient (Wildman–Crippen LogP) is 3.78. The monoisotopic (exact) mass is 314 g/mol. The van der Waals surface area contributed by atoms with Crippen LogP contribution in [0, 0.1) is 5.92 Å². The molecular weight excluding hydrogens is 296 g/mol. The van der Waals surface area contributed by atoms with Gasteiger partial charge in [-0.2, -0.15) is 0 Å². The van der Waals surface area contributed by atoms with Crippen LogP contribution in [0.15, 0.2) is 23.1 Å². The number of aliphatic hydroxyl groups is 1. The summed E-state index contributed by atoms with van der Waals surface area (Å²) in [6, 6.07) is 5.49. The van der Waals surface area contributed by atoms with Gasteiger partial charge >= 0.3 is 5.97 Å². The van der Waals surface area contributed by atoms with E-state index in [2.05, 4.69) is 0 Å². The van der Waals surface area contributed by atoms with Crippen molar-refractivity contribution in [2.24, 2.45) is 5.92 Å². The molecule has 0 spiro atoms. The Hall–Kier alpha value is -0.710. The number of rotatable bonds is 5. The number of aliphatic hydroxyl groups excluding tert-OH is 1. The van der Waals surface area contributed by atoms with E-state index in [0.717, 1.165) is 23.3 Å². The van der Waals surface area contributed by atoms with Crippen LogP contribution in [0.4, 0.5) is 0 Å². The molecular formula is C15H19ClO3S. The molecule has 3 unspecified atom stereocenters. The highest BCUT2D eigenvalue weighted by atomic mass is 35.5. The van der Waals surface area contributed by atoms with Crippen LogP contribution in [-0.2, 0) is 4.79 Å². The summed E-state index contributed by atoms with van der Waals surface area (Å²) in [6.07, 6.45) is 4.64. The van der Waals surface area contributed by atoms with Crippen LogP contribution < -0.4 is 0 Å². The van der Waals surface area contributed by atoms with Gasteiger partial charge in [0.2, 0.25) is 0 Å². The Balaban J connectivity index is 2.16. The summed E-state index contributed by atoms with van der Waals surface area (Å²) >= 11 is 7.71. The molecule has 2 N–H and O–H groups in total. The lowest BCUT2D eigenvalue weighted by molar-refractivity contribution is -0.139. The fraction of sp³-hybridized carbons (Fsp3) is 0.533. The predicted molar refractivity (Wildman–Crippen MR) is 81.6 cm³/mol. The van der Waals surface area contributed by atoms with Crippen LogP contribution in [0.3, 0.4) is 0 Å². The standard InChI is InChI=1S/C15H19ClO3S/c1-20-14-5-3-10(8-13(14)16)12(15(18)19)7-9-2-4-11(17)6-9/h3,5,8-9,11-12,17H,2,4,6-7H2,1H3,(H,18,19). The van der Waals surface area contributed by atoms with E-state index < -0.39 is 11.9 Å². The van der Waals surface area contributed by atoms with Gasteiger partial charge in [-0.25, -0.2) is 0 Å². The van der Waals surface area contributed by atoms with Gasteiger partial charge in [0, 0.05) is 4.90 Å². The lowest BCUT2D eigenvalue weighted by atomic mass is 9.88. The number of benzene rings is 1. The van der Waals surface area contributed by atoms with E-state index >= 15 is 0 Å². The smallest absolute Gasteiger partial charge is 0.310 e. The van der Waals surface area contributed by atoms with Crippen LogP contribution in [0.5, 0.6) is 0 Å². The summed E-state index contributed by atoms with van der Waals surface area (Å²) < 4.78 is 0. The van der Waals surface area contributed by atoms with E-state index in [1.54, 1.807) is 17.8 Å². The largest absolute Gasteiger partial charge is 0.481 e. The Morgan fingerprint density at radius 3 is 2.75 bits per heavy atom. The minimum atomic E-state index is -0.820. The van der Waals surface area contributed by atoms with Crippen molar-refractivity contribution in [2.75, 3.05) is 6.26 Å². The first-order chi connectivity index (χ1) is 9.51. The third-order valence-electron chi connectivity index (χ3n) is 3.96. The van der Waals surface area contributed by atoms with Gasteiger partial charge in [-0.05, 0) is 55.6 Å². The first-order valence-electron chi connectivity index (χ1n) is 6.75. The SMILES string of the molecule is CSc1ccc(C(CC2CCC(O)C2)C(=O)O)cc1Cl. The zero-order chi connectivity index (χ0) is 14.7. The van der Waals surface area contributed by atoms with Crippen LogP contribution in [-0.4, -0.2) is 28.5 Å². The van der Waals surface area contributed by atoms with Crippen LogP contribution >= 0.6 is 23.4 Å². The molecule has 0 heterocycles. The van der Waals surface area contributed by atoms with Gasteiger partial charge in [-0.15, -0.1) is 11.8 Å². The van der Waals surface area contributed by atoms with E-state index in [1.165, 1.54) is 0 Å². The Labute approximate surface area is 128 Å². The van der Waals surface area contributed by atoms with Gasteiger partial charge in [0.05, 0.1) is 17.0 Å². The number of carboxylic acid groups (broad SMARTS) is 1. The molecule has 0 saturated heterocycles. The summed E-state index contributed by atoms with van der Waals surface area (Å²) in [6.45, 7) is 0. The molecule has 0 aliphatic heterocycles. The number of carbonyl (C=O) groups is 1. The van der Waals surface area contributed by atoms with Crippen LogP contribution in [0.1, 0.15) is 37.2 Å². The lowest BCUT2D eigenvalue weighted by Crippen LogP contribution is -2.15. The Kier molecular flexibility index (Phi) is 5.35. The summed E-state index contributed by atoms with van der Waals surface area (Å²) in [5, 5.41) is 19.6. The molecule has 1 aliphatic carbocycles. The Morgan fingerprint density at radius 1 is 1.50 bits per heavy atom. The van der Waals surface area contributed by atoms with E-state index in [-0.39, 0.29) is 12.0 Å². The van der Waals surface area contributed by atoms with Crippen molar-refractivity contribution >= 4 is 29.3 Å². The van der Waals surface area contributed by atoms with Gasteiger partial charge in [0.1, 0.15) is 0 Å². The molecule has 0 radical (unpaired) electrons. The van der Waals surface area contributed by atoms with Crippen LogP contribution in [0.25, 0.3) is 0 Å². The first kappa shape index (κ1) is 15.7.